The van der Waals surface area contributed by atoms with Gasteiger partial charge in [0.25, 0.3) is 0 Å². The predicted molar refractivity (Wildman–Crippen MR) is 73.4 cm³/mol. The van der Waals surface area contributed by atoms with E-state index in [9.17, 15) is 4.79 Å². The molecule has 0 saturated heterocycles. The molecule has 0 bridgehead atoms. The van der Waals surface area contributed by atoms with Gasteiger partial charge >= 0.3 is 0 Å². The van der Waals surface area contributed by atoms with Crippen molar-refractivity contribution >= 4 is 35.2 Å². The van der Waals surface area contributed by atoms with Crippen molar-refractivity contribution in [2.45, 2.75) is 26.3 Å². The molecule has 1 unspecified atom stereocenters. The van der Waals surface area contributed by atoms with Crippen LogP contribution in [0.4, 0.5) is 0 Å². The van der Waals surface area contributed by atoms with Gasteiger partial charge in [0.2, 0.25) is 5.91 Å². The topological polar surface area (TPSA) is 29.1 Å². The third-order valence-electron chi connectivity index (χ3n) is 2.37. The summed E-state index contributed by atoms with van der Waals surface area (Å²) in [4.78, 5) is 11.5. The van der Waals surface area contributed by atoms with Crippen molar-refractivity contribution in [2.75, 3.05) is 0 Å². The van der Waals surface area contributed by atoms with E-state index in [0.29, 0.717) is 10.0 Å². The maximum atomic E-state index is 11.5. The van der Waals surface area contributed by atoms with Crippen LogP contribution in [0.2, 0.25) is 10.0 Å². The van der Waals surface area contributed by atoms with Crippen molar-refractivity contribution in [3.63, 3.8) is 0 Å². The Morgan fingerprint density at radius 3 is 2.71 bits per heavy atom. The van der Waals surface area contributed by atoms with Crippen molar-refractivity contribution in [2.24, 2.45) is 0 Å². The molecule has 0 aliphatic rings. The number of carbonyl (C=O) groups excluding carboxylic acids is 1. The lowest BCUT2D eigenvalue weighted by molar-refractivity contribution is -0.117. The van der Waals surface area contributed by atoms with Gasteiger partial charge in [0.05, 0.1) is 10.0 Å². The minimum absolute atomic E-state index is 0.106. The maximum Gasteiger partial charge on any atom is 0.244 e. The van der Waals surface area contributed by atoms with E-state index in [1.165, 1.54) is 6.08 Å². The van der Waals surface area contributed by atoms with Gasteiger partial charge in [0.15, 0.2) is 0 Å². The van der Waals surface area contributed by atoms with Crippen molar-refractivity contribution in [1.82, 2.24) is 5.32 Å². The first-order chi connectivity index (χ1) is 8.02. The molecule has 1 rings (SSSR count). The molecule has 0 aromatic heterocycles. The third-order valence-corrected chi connectivity index (χ3v) is 3.11. The average Bonchev–Trinajstić information content (AvgIpc) is 2.30. The zero-order chi connectivity index (χ0) is 12.8. The largest absolute Gasteiger partial charge is 0.350 e. The van der Waals surface area contributed by atoms with Gasteiger partial charge in [0, 0.05) is 12.1 Å². The number of nitrogens with one attached hydrogen (secondary N) is 1. The summed E-state index contributed by atoms with van der Waals surface area (Å²) >= 11 is 11.7. The van der Waals surface area contributed by atoms with E-state index in [4.69, 9.17) is 23.2 Å². The molecular formula is C13H15Cl2NO. The summed E-state index contributed by atoms with van der Waals surface area (Å²) in [6.45, 7) is 3.98. The van der Waals surface area contributed by atoms with Gasteiger partial charge in [-0.2, -0.15) is 0 Å². The Bertz CT molecular complexity index is 429. The minimum atomic E-state index is -0.106. The van der Waals surface area contributed by atoms with E-state index >= 15 is 0 Å². The summed E-state index contributed by atoms with van der Waals surface area (Å²) in [6, 6.07) is 5.41. The molecule has 2 nitrogen and oxygen atoms in total. The fraction of sp³-hybridized carbons (Fsp3) is 0.308. The van der Waals surface area contributed by atoms with Crippen LogP contribution in [0.3, 0.4) is 0 Å². The molecule has 0 heterocycles. The summed E-state index contributed by atoms with van der Waals surface area (Å²) in [6.07, 6.45) is 4.11. The first-order valence-electron chi connectivity index (χ1n) is 5.46. The van der Waals surface area contributed by atoms with Gasteiger partial charge in [-0.05, 0) is 37.1 Å². The average molecular weight is 272 g/mol. The summed E-state index contributed by atoms with van der Waals surface area (Å²) < 4.78 is 0. The zero-order valence-corrected chi connectivity index (χ0v) is 11.3. The second-order valence-electron chi connectivity index (χ2n) is 3.82. The third kappa shape index (κ3) is 4.80. The van der Waals surface area contributed by atoms with Crippen molar-refractivity contribution in [3.8, 4) is 0 Å². The molecule has 4 heteroatoms. The number of carbonyl (C=O) groups is 1. The number of halogens is 2. The van der Waals surface area contributed by atoms with Crippen LogP contribution in [-0.4, -0.2) is 11.9 Å². The normalized spacial score (nSPS) is 12.7. The fourth-order valence-corrected chi connectivity index (χ4v) is 1.49. The van der Waals surface area contributed by atoms with Crippen molar-refractivity contribution < 1.29 is 4.79 Å². The SMILES string of the molecule is CCC(C)NC(=O)/C=C/c1ccc(Cl)c(Cl)c1. The fourth-order valence-electron chi connectivity index (χ4n) is 1.18. The van der Waals surface area contributed by atoms with Crippen molar-refractivity contribution in [1.29, 1.82) is 0 Å². The molecule has 1 N–H and O–H groups in total. The van der Waals surface area contributed by atoms with Crippen LogP contribution in [0.15, 0.2) is 24.3 Å². The van der Waals surface area contributed by atoms with Crippen LogP contribution in [0.1, 0.15) is 25.8 Å². The number of amides is 1. The lowest BCUT2D eigenvalue weighted by Gasteiger charge is -2.08. The van der Waals surface area contributed by atoms with Gasteiger partial charge in [0.1, 0.15) is 0 Å². The lowest BCUT2D eigenvalue weighted by Crippen LogP contribution is -2.30. The molecule has 0 saturated carbocycles. The second kappa shape index (κ2) is 6.67. The van der Waals surface area contributed by atoms with Gasteiger partial charge < -0.3 is 5.32 Å². The maximum absolute atomic E-state index is 11.5. The first kappa shape index (κ1) is 14.1. The Labute approximate surface area is 112 Å². The van der Waals surface area contributed by atoms with E-state index in [-0.39, 0.29) is 11.9 Å². The summed E-state index contributed by atoms with van der Waals surface area (Å²) in [5.74, 6) is -0.106. The van der Waals surface area contributed by atoms with Crippen molar-refractivity contribution in [3.05, 3.63) is 39.9 Å². The number of hydrogen-bond acceptors (Lipinski definition) is 1. The Balaban J connectivity index is 2.64. The molecule has 1 atom stereocenters. The molecule has 92 valence electrons. The molecule has 0 fully saturated rings. The van der Waals surface area contributed by atoms with Gasteiger partial charge in [-0.1, -0.05) is 36.2 Å². The Hall–Kier alpha value is -0.990. The standard InChI is InChI=1S/C13H15Cl2NO/c1-3-9(2)16-13(17)7-5-10-4-6-11(14)12(15)8-10/h4-9H,3H2,1-2H3,(H,16,17)/b7-5+. The number of rotatable bonds is 4. The molecule has 0 radical (unpaired) electrons. The van der Waals surface area contributed by atoms with Crippen LogP contribution in [0.5, 0.6) is 0 Å². The second-order valence-corrected chi connectivity index (χ2v) is 4.64. The minimum Gasteiger partial charge on any atom is -0.350 e. The number of benzene rings is 1. The molecule has 17 heavy (non-hydrogen) atoms. The molecular weight excluding hydrogens is 257 g/mol. The molecule has 1 aromatic rings. The molecule has 0 aliphatic heterocycles. The van der Waals surface area contributed by atoms with Crippen LogP contribution in [0, 0.1) is 0 Å². The molecule has 1 aromatic carbocycles. The molecule has 0 aliphatic carbocycles. The van der Waals surface area contributed by atoms with E-state index in [1.54, 1.807) is 24.3 Å². The highest BCUT2D eigenvalue weighted by Gasteiger charge is 2.01. The number of hydrogen-bond donors (Lipinski definition) is 1. The summed E-state index contributed by atoms with van der Waals surface area (Å²) in [7, 11) is 0. The lowest BCUT2D eigenvalue weighted by atomic mass is 10.2. The van der Waals surface area contributed by atoms with Crippen LogP contribution < -0.4 is 5.32 Å². The Morgan fingerprint density at radius 2 is 2.12 bits per heavy atom. The summed E-state index contributed by atoms with van der Waals surface area (Å²) in [5.41, 5.74) is 0.846. The van der Waals surface area contributed by atoms with E-state index in [0.717, 1.165) is 12.0 Å². The molecule has 1 amide bonds. The van der Waals surface area contributed by atoms with Gasteiger partial charge in [-0.3, -0.25) is 4.79 Å². The van der Waals surface area contributed by atoms with Crippen LogP contribution >= 0.6 is 23.2 Å². The molecule has 0 spiro atoms. The van der Waals surface area contributed by atoms with Crippen LogP contribution in [-0.2, 0) is 4.79 Å². The highest BCUT2D eigenvalue weighted by atomic mass is 35.5. The van der Waals surface area contributed by atoms with Gasteiger partial charge in [-0.25, -0.2) is 0 Å². The van der Waals surface area contributed by atoms with E-state index < -0.39 is 0 Å². The quantitative estimate of drug-likeness (QED) is 0.827. The van der Waals surface area contributed by atoms with E-state index in [1.807, 2.05) is 13.8 Å². The van der Waals surface area contributed by atoms with Gasteiger partial charge in [-0.15, -0.1) is 0 Å². The van der Waals surface area contributed by atoms with Crippen LogP contribution in [0.25, 0.3) is 6.08 Å². The highest BCUT2D eigenvalue weighted by molar-refractivity contribution is 6.42. The first-order valence-corrected chi connectivity index (χ1v) is 6.22. The Kier molecular flexibility index (Phi) is 5.52. The predicted octanol–water partition coefficient (Wildman–Crippen LogP) is 3.92. The summed E-state index contributed by atoms with van der Waals surface area (Å²) in [5, 5.41) is 3.83. The zero-order valence-electron chi connectivity index (χ0n) is 9.84. The van der Waals surface area contributed by atoms with E-state index in [2.05, 4.69) is 5.32 Å². The Morgan fingerprint density at radius 1 is 1.41 bits per heavy atom. The monoisotopic (exact) mass is 271 g/mol. The smallest absolute Gasteiger partial charge is 0.244 e. The highest BCUT2D eigenvalue weighted by Crippen LogP contribution is 2.22.